The van der Waals surface area contributed by atoms with E-state index in [1.807, 2.05) is 0 Å². The minimum absolute atomic E-state index is 0.512. The van der Waals surface area contributed by atoms with Crippen molar-refractivity contribution in [3.05, 3.63) is 0 Å². The molecule has 0 nitrogen and oxygen atoms in total. The van der Waals surface area contributed by atoms with Crippen LogP contribution in [0, 0.1) is 0 Å². The molecular weight excluding hydrogens is 457 g/mol. The SMILES string of the molecule is CCC(C)[SiH]1[SiH](C(C)CC)[SiH](C(C)CC)[SiH](C(C)CC)[SiH](C(C)CC)[SiH]1C(C)CC. The van der Waals surface area contributed by atoms with Crippen molar-refractivity contribution >= 4 is 47.0 Å². The summed E-state index contributed by atoms with van der Waals surface area (Å²) in [6, 6.07) is 0. The third-order valence-corrected chi connectivity index (χ3v) is 138. The maximum Gasteiger partial charge on any atom is 0.0183 e. The van der Waals surface area contributed by atoms with Gasteiger partial charge in [0.1, 0.15) is 0 Å². The second kappa shape index (κ2) is 13.9. The van der Waals surface area contributed by atoms with E-state index in [0.717, 1.165) is 0 Å². The molecule has 0 saturated carbocycles. The summed E-state index contributed by atoms with van der Waals surface area (Å²) >= 11 is 0. The molecule has 1 fully saturated rings. The smallest absolute Gasteiger partial charge is 0.0183 e. The quantitative estimate of drug-likeness (QED) is 0.255. The van der Waals surface area contributed by atoms with E-state index in [4.69, 9.17) is 0 Å². The van der Waals surface area contributed by atoms with Crippen molar-refractivity contribution in [1.82, 2.24) is 0 Å². The Hall–Kier alpha value is 1.30. The Bertz CT molecular complexity index is 354. The van der Waals surface area contributed by atoms with Crippen LogP contribution in [0.15, 0.2) is 0 Å². The first-order valence-electron chi connectivity index (χ1n) is 14.2. The Balaban J connectivity index is 3.83. The van der Waals surface area contributed by atoms with Gasteiger partial charge < -0.3 is 0 Å². The minimum Gasteiger partial charge on any atom is -0.0657 e. The number of rotatable bonds is 12. The Morgan fingerprint density at radius 1 is 0.300 bits per heavy atom. The molecule has 0 spiro atoms. The zero-order valence-corrected chi connectivity index (χ0v) is 30.1. The van der Waals surface area contributed by atoms with Crippen molar-refractivity contribution < 1.29 is 0 Å². The molecule has 0 amide bonds. The van der Waals surface area contributed by atoms with E-state index in [2.05, 4.69) is 83.1 Å². The number of hydrogen-bond donors (Lipinski definition) is 0. The summed E-state index contributed by atoms with van der Waals surface area (Å²) in [6.45, 7) is 32.3. The highest BCUT2D eigenvalue weighted by Gasteiger charge is 2.59. The van der Waals surface area contributed by atoms with E-state index in [-0.39, 0.29) is 0 Å². The molecule has 0 N–H and O–H groups in total. The van der Waals surface area contributed by atoms with E-state index >= 15 is 0 Å². The van der Waals surface area contributed by atoms with Crippen LogP contribution in [0.25, 0.3) is 0 Å². The van der Waals surface area contributed by atoms with Crippen LogP contribution in [0.2, 0.25) is 33.2 Å². The van der Waals surface area contributed by atoms with E-state index < -0.39 is 47.0 Å². The van der Waals surface area contributed by atoms with Gasteiger partial charge in [0.2, 0.25) is 0 Å². The van der Waals surface area contributed by atoms with Crippen molar-refractivity contribution in [1.29, 1.82) is 0 Å². The molecule has 1 heterocycles. The lowest BCUT2D eigenvalue weighted by atomic mass is 10.4. The van der Waals surface area contributed by atoms with E-state index in [1.54, 1.807) is 0 Å². The Morgan fingerprint density at radius 3 is 0.467 bits per heavy atom. The van der Waals surface area contributed by atoms with E-state index in [1.165, 1.54) is 71.8 Å². The van der Waals surface area contributed by atoms with Crippen molar-refractivity contribution in [2.24, 2.45) is 0 Å². The lowest BCUT2D eigenvalue weighted by molar-refractivity contribution is 0.828. The van der Waals surface area contributed by atoms with Crippen LogP contribution in [0.3, 0.4) is 0 Å². The maximum absolute atomic E-state index is 2.80. The molecular formula is C24H60Si6. The Morgan fingerprint density at radius 2 is 0.400 bits per heavy atom. The van der Waals surface area contributed by atoms with Gasteiger partial charge in [-0.3, -0.25) is 0 Å². The van der Waals surface area contributed by atoms with Gasteiger partial charge in [-0.25, -0.2) is 0 Å². The zero-order chi connectivity index (χ0) is 23.2. The van der Waals surface area contributed by atoms with Gasteiger partial charge in [-0.1, -0.05) is 155 Å². The third-order valence-electron chi connectivity index (χ3n) is 10.5. The summed E-state index contributed by atoms with van der Waals surface area (Å²) in [4.78, 5) is 0. The summed E-state index contributed by atoms with van der Waals surface area (Å²) in [5.41, 5.74) is 7.20. The molecule has 0 aromatic carbocycles. The normalized spacial score (nSPS) is 36.0. The van der Waals surface area contributed by atoms with Crippen LogP contribution in [0.5, 0.6) is 0 Å². The molecule has 1 aliphatic heterocycles. The van der Waals surface area contributed by atoms with Gasteiger partial charge >= 0.3 is 0 Å². The van der Waals surface area contributed by atoms with Crippen LogP contribution in [0.4, 0.5) is 0 Å². The molecule has 1 saturated heterocycles. The van der Waals surface area contributed by atoms with E-state index in [0.29, 0.717) is 0 Å². The van der Waals surface area contributed by atoms with E-state index in [9.17, 15) is 0 Å². The summed E-state index contributed by atoms with van der Waals surface area (Å²) in [5.74, 6) is 0. The maximum atomic E-state index is 2.80. The Labute approximate surface area is 201 Å². The van der Waals surface area contributed by atoms with Gasteiger partial charge in [0.15, 0.2) is 0 Å². The van der Waals surface area contributed by atoms with Crippen LogP contribution >= 0.6 is 0 Å². The Kier molecular flexibility index (Phi) is 13.6. The minimum atomic E-state index is -0.512. The van der Waals surface area contributed by atoms with Gasteiger partial charge in [0, 0.05) is 47.0 Å². The molecule has 0 radical (unpaired) electrons. The van der Waals surface area contributed by atoms with Gasteiger partial charge in [0.25, 0.3) is 0 Å². The molecule has 0 aromatic rings. The highest BCUT2D eigenvalue weighted by Crippen LogP contribution is 2.45. The second-order valence-corrected chi connectivity index (χ2v) is 67.1. The third kappa shape index (κ3) is 6.25. The zero-order valence-electron chi connectivity index (χ0n) is 23.2. The predicted molar refractivity (Wildman–Crippen MR) is 161 cm³/mol. The fourth-order valence-electron chi connectivity index (χ4n) is 7.72. The molecule has 0 bridgehead atoms. The van der Waals surface area contributed by atoms with Crippen molar-refractivity contribution in [3.63, 3.8) is 0 Å². The van der Waals surface area contributed by atoms with Gasteiger partial charge in [-0.05, 0) is 0 Å². The highest BCUT2D eigenvalue weighted by molar-refractivity contribution is 7.96. The molecule has 6 heteroatoms. The molecule has 6 unspecified atom stereocenters. The molecule has 30 heavy (non-hydrogen) atoms. The lowest BCUT2D eigenvalue weighted by Gasteiger charge is -2.58. The van der Waals surface area contributed by atoms with Crippen molar-refractivity contribution in [2.45, 2.75) is 155 Å². The summed E-state index contributed by atoms with van der Waals surface area (Å²) in [6.07, 6.45) is 9.22. The monoisotopic (exact) mass is 516 g/mol. The molecule has 0 aliphatic carbocycles. The van der Waals surface area contributed by atoms with Crippen molar-refractivity contribution in [2.75, 3.05) is 0 Å². The first-order valence-corrected chi connectivity index (χ1v) is 34.2. The van der Waals surface area contributed by atoms with Crippen LogP contribution in [-0.4, -0.2) is 47.0 Å². The molecule has 1 aliphatic rings. The number of hydrogen-bond acceptors (Lipinski definition) is 0. The topological polar surface area (TPSA) is 0 Å². The molecule has 0 aromatic heterocycles. The first kappa shape index (κ1) is 29.3. The van der Waals surface area contributed by atoms with Crippen LogP contribution in [-0.2, 0) is 0 Å². The standard InChI is InChI=1S/C24H60Si6/c1-13-19(7)25-26(20(8)14-2)28(22(10)16-4)30(24(12)18-6)29(23(11)17-5)27(25)21(9)15-3/h19-30H,13-18H2,1-12H3. The summed E-state index contributed by atoms with van der Waals surface area (Å²) < 4.78 is 0. The van der Waals surface area contributed by atoms with Gasteiger partial charge in [0.05, 0.1) is 0 Å². The molecule has 6 atom stereocenters. The average Bonchev–Trinajstić information content (AvgIpc) is 2.78. The largest absolute Gasteiger partial charge is 0.0657 e. The summed E-state index contributed by atoms with van der Waals surface area (Å²) in [7, 11) is -3.07. The fraction of sp³-hybridized carbons (Fsp3) is 1.00. The molecule has 1 rings (SSSR count). The van der Waals surface area contributed by atoms with Gasteiger partial charge in [-0.15, -0.1) is 0 Å². The second-order valence-electron chi connectivity index (χ2n) is 11.8. The highest BCUT2D eigenvalue weighted by atomic mass is 30.1. The van der Waals surface area contributed by atoms with Gasteiger partial charge in [-0.2, -0.15) is 0 Å². The van der Waals surface area contributed by atoms with Crippen LogP contribution < -0.4 is 0 Å². The first-order chi connectivity index (χ1) is 14.2. The summed E-state index contributed by atoms with van der Waals surface area (Å²) in [5, 5.41) is 0. The lowest BCUT2D eigenvalue weighted by Crippen LogP contribution is -2.81. The molecule has 180 valence electrons. The van der Waals surface area contributed by atoms with Crippen molar-refractivity contribution in [3.8, 4) is 0 Å². The average molecular weight is 517 g/mol. The van der Waals surface area contributed by atoms with Crippen LogP contribution in [0.1, 0.15) is 122 Å². The predicted octanol–water partition coefficient (Wildman–Crippen LogP) is 6.63. The fourth-order valence-corrected chi connectivity index (χ4v) is 263.